The Hall–Kier alpha value is -2.10. The first-order valence-electron chi connectivity index (χ1n) is 8.86. The summed E-state index contributed by atoms with van der Waals surface area (Å²) in [6, 6.07) is 8.14. The zero-order valence-corrected chi connectivity index (χ0v) is 15.0. The molecule has 0 saturated carbocycles. The number of halogens is 6. The molecule has 3 atom stereocenters. The second-order valence-electron chi connectivity index (χ2n) is 7.06. The van der Waals surface area contributed by atoms with Crippen LogP contribution in [0.25, 0.3) is 0 Å². The maximum absolute atomic E-state index is 12.9. The Kier molecular flexibility index (Phi) is 5.93. The normalized spacial score (nSPS) is 23.4. The number of ether oxygens (including phenoxy) is 1. The van der Waals surface area contributed by atoms with E-state index in [-0.39, 0.29) is 13.0 Å². The van der Waals surface area contributed by atoms with Crippen LogP contribution in [0.3, 0.4) is 0 Å². The summed E-state index contributed by atoms with van der Waals surface area (Å²) in [4.78, 5) is 0. The van der Waals surface area contributed by atoms with Crippen molar-refractivity contribution >= 4 is 0 Å². The van der Waals surface area contributed by atoms with E-state index < -0.39 is 47.6 Å². The standard InChI is InChI=1S/C20H19F6NO2/c21-19(22,23)13-5-1-11(2-6-13)18(17-9-16(28)15(27)10-29-17)12-3-7-14(8-4-12)20(24,25)26/h1-8,15-18,28H,9-10,27H2/t15-,16+,17+/m1/s1. The lowest BCUT2D eigenvalue weighted by Crippen LogP contribution is -2.48. The van der Waals surface area contributed by atoms with Gasteiger partial charge in [-0.1, -0.05) is 24.3 Å². The number of nitrogens with two attached hydrogens (primary N) is 1. The van der Waals surface area contributed by atoms with Crippen LogP contribution >= 0.6 is 0 Å². The van der Waals surface area contributed by atoms with Crippen molar-refractivity contribution in [1.82, 2.24) is 0 Å². The van der Waals surface area contributed by atoms with Gasteiger partial charge in [0.2, 0.25) is 0 Å². The van der Waals surface area contributed by atoms with Gasteiger partial charge in [-0.25, -0.2) is 0 Å². The van der Waals surface area contributed by atoms with Crippen LogP contribution in [0.1, 0.15) is 34.6 Å². The molecule has 3 rings (SSSR count). The molecule has 158 valence electrons. The fourth-order valence-corrected chi connectivity index (χ4v) is 3.44. The van der Waals surface area contributed by atoms with Gasteiger partial charge in [0, 0.05) is 12.3 Å². The highest BCUT2D eigenvalue weighted by molar-refractivity contribution is 5.38. The summed E-state index contributed by atoms with van der Waals surface area (Å²) in [7, 11) is 0. The molecule has 9 heteroatoms. The molecule has 3 nitrogen and oxygen atoms in total. The summed E-state index contributed by atoms with van der Waals surface area (Å²) in [5, 5.41) is 10.1. The average molecular weight is 419 g/mol. The van der Waals surface area contributed by atoms with Gasteiger partial charge in [0.25, 0.3) is 0 Å². The Morgan fingerprint density at radius 3 is 1.59 bits per heavy atom. The molecule has 0 radical (unpaired) electrons. The van der Waals surface area contributed by atoms with E-state index in [4.69, 9.17) is 10.5 Å². The summed E-state index contributed by atoms with van der Waals surface area (Å²) in [6.45, 7) is 0.0314. The molecule has 0 unspecified atom stereocenters. The lowest BCUT2D eigenvalue weighted by atomic mass is 9.82. The van der Waals surface area contributed by atoms with Gasteiger partial charge in [-0.05, 0) is 35.4 Å². The van der Waals surface area contributed by atoms with Crippen LogP contribution in [-0.2, 0) is 17.1 Å². The number of rotatable bonds is 3. The quantitative estimate of drug-likeness (QED) is 0.729. The Bertz CT molecular complexity index is 759. The second kappa shape index (κ2) is 7.97. The van der Waals surface area contributed by atoms with Crippen LogP contribution in [0.5, 0.6) is 0 Å². The maximum atomic E-state index is 12.9. The number of hydrogen-bond donors (Lipinski definition) is 2. The summed E-state index contributed by atoms with van der Waals surface area (Å²) in [5.41, 5.74) is 4.93. The first-order chi connectivity index (χ1) is 13.5. The van der Waals surface area contributed by atoms with Crippen LogP contribution in [0.2, 0.25) is 0 Å². The lowest BCUT2D eigenvalue weighted by Gasteiger charge is -2.36. The third-order valence-electron chi connectivity index (χ3n) is 5.04. The highest BCUT2D eigenvalue weighted by atomic mass is 19.4. The van der Waals surface area contributed by atoms with Gasteiger partial charge in [-0.15, -0.1) is 0 Å². The Morgan fingerprint density at radius 1 is 0.828 bits per heavy atom. The van der Waals surface area contributed by atoms with Gasteiger partial charge >= 0.3 is 12.4 Å². The molecule has 0 bridgehead atoms. The highest BCUT2D eigenvalue weighted by Gasteiger charge is 2.36. The molecular formula is C20H19F6NO2. The van der Waals surface area contributed by atoms with Gasteiger partial charge < -0.3 is 15.6 Å². The van der Waals surface area contributed by atoms with E-state index in [2.05, 4.69) is 0 Å². The van der Waals surface area contributed by atoms with Crippen LogP contribution in [0, 0.1) is 0 Å². The van der Waals surface area contributed by atoms with E-state index in [9.17, 15) is 31.4 Å². The van der Waals surface area contributed by atoms with E-state index in [0.29, 0.717) is 11.1 Å². The van der Waals surface area contributed by atoms with Crippen molar-refractivity contribution in [1.29, 1.82) is 0 Å². The van der Waals surface area contributed by atoms with Crippen molar-refractivity contribution in [2.75, 3.05) is 6.61 Å². The highest BCUT2D eigenvalue weighted by Crippen LogP contribution is 2.38. The van der Waals surface area contributed by atoms with Crippen LogP contribution in [0.4, 0.5) is 26.3 Å². The summed E-state index contributed by atoms with van der Waals surface area (Å²) in [5.74, 6) is -0.665. The Labute approximate surface area is 163 Å². The molecule has 1 fully saturated rings. The second-order valence-corrected chi connectivity index (χ2v) is 7.06. The van der Waals surface area contributed by atoms with Crippen molar-refractivity contribution in [2.24, 2.45) is 5.73 Å². The predicted molar refractivity (Wildman–Crippen MR) is 93.1 cm³/mol. The third kappa shape index (κ3) is 4.91. The SMILES string of the molecule is N[C@@H]1CO[C@H](C(c2ccc(C(F)(F)F)cc2)c2ccc(C(F)(F)F)cc2)C[C@@H]1O. The number of aliphatic hydroxyl groups excluding tert-OH is 1. The van der Waals surface area contributed by atoms with Crippen molar-refractivity contribution in [3.8, 4) is 0 Å². The van der Waals surface area contributed by atoms with Gasteiger partial charge in [0.15, 0.2) is 0 Å². The fourth-order valence-electron chi connectivity index (χ4n) is 3.44. The molecular weight excluding hydrogens is 400 g/mol. The largest absolute Gasteiger partial charge is 0.416 e. The molecule has 3 N–H and O–H groups in total. The van der Waals surface area contributed by atoms with Gasteiger partial charge in [0.1, 0.15) is 0 Å². The third-order valence-corrected chi connectivity index (χ3v) is 5.04. The van der Waals surface area contributed by atoms with Crippen LogP contribution in [0.15, 0.2) is 48.5 Å². The van der Waals surface area contributed by atoms with Crippen LogP contribution < -0.4 is 5.73 Å². The summed E-state index contributed by atoms with van der Waals surface area (Å²) < 4.78 is 82.9. The first-order valence-corrected chi connectivity index (χ1v) is 8.86. The summed E-state index contributed by atoms with van der Waals surface area (Å²) >= 11 is 0. The molecule has 1 saturated heterocycles. The monoisotopic (exact) mass is 419 g/mol. The minimum Gasteiger partial charge on any atom is -0.391 e. The number of benzene rings is 2. The molecule has 0 spiro atoms. The Balaban J connectivity index is 1.98. The average Bonchev–Trinajstić information content (AvgIpc) is 2.64. The molecule has 2 aromatic carbocycles. The zero-order chi connectivity index (χ0) is 21.4. The van der Waals surface area contributed by atoms with E-state index >= 15 is 0 Å². The zero-order valence-electron chi connectivity index (χ0n) is 15.0. The van der Waals surface area contributed by atoms with Crippen molar-refractivity contribution in [2.45, 2.75) is 42.9 Å². The van der Waals surface area contributed by atoms with Crippen molar-refractivity contribution < 1.29 is 36.2 Å². The number of aliphatic hydroxyl groups is 1. The summed E-state index contributed by atoms with van der Waals surface area (Å²) in [6.07, 6.45) is -10.5. The van der Waals surface area contributed by atoms with E-state index in [1.807, 2.05) is 0 Å². The van der Waals surface area contributed by atoms with E-state index in [1.54, 1.807) is 0 Å². The molecule has 0 aliphatic carbocycles. The molecule has 2 aromatic rings. The van der Waals surface area contributed by atoms with Gasteiger partial charge in [-0.3, -0.25) is 0 Å². The Morgan fingerprint density at radius 2 is 1.24 bits per heavy atom. The minimum atomic E-state index is -4.51. The first kappa shape index (κ1) is 21.6. The van der Waals surface area contributed by atoms with Crippen LogP contribution in [-0.4, -0.2) is 30.0 Å². The van der Waals surface area contributed by atoms with Crippen molar-refractivity contribution in [3.05, 3.63) is 70.8 Å². The maximum Gasteiger partial charge on any atom is 0.416 e. The minimum absolute atomic E-state index is 0.0314. The van der Waals surface area contributed by atoms with E-state index in [0.717, 1.165) is 24.3 Å². The molecule has 1 aliphatic rings. The molecule has 29 heavy (non-hydrogen) atoms. The van der Waals surface area contributed by atoms with E-state index in [1.165, 1.54) is 24.3 Å². The van der Waals surface area contributed by atoms with Gasteiger partial charge in [0.05, 0.1) is 36.0 Å². The van der Waals surface area contributed by atoms with Crippen molar-refractivity contribution in [3.63, 3.8) is 0 Å². The molecule has 0 aromatic heterocycles. The molecule has 1 heterocycles. The predicted octanol–water partition coefficient (Wildman–Crippen LogP) is 4.33. The molecule has 0 amide bonds. The topological polar surface area (TPSA) is 55.5 Å². The van der Waals surface area contributed by atoms with Gasteiger partial charge in [-0.2, -0.15) is 26.3 Å². The smallest absolute Gasteiger partial charge is 0.391 e. The lowest BCUT2D eigenvalue weighted by molar-refractivity contribution is -0.138. The fraction of sp³-hybridized carbons (Fsp3) is 0.400. The number of hydrogen-bond acceptors (Lipinski definition) is 3. The molecule has 1 aliphatic heterocycles. The number of alkyl halides is 6.